The molecule has 4 N–H and O–H groups in total. The van der Waals surface area contributed by atoms with Gasteiger partial charge in [0.25, 0.3) is 11.8 Å². The molecule has 2 saturated heterocycles. The Morgan fingerprint density at radius 1 is 0.831 bits per heavy atom. The second kappa shape index (κ2) is 18.1. The molecule has 3 aromatic carbocycles. The van der Waals surface area contributed by atoms with E-state index in [9.17, 15) is 24.1 Å². The summed E-state index contributed by atoms with van der Waals surface area (Å²) in [5, 5.41) is 8.39. The molecule has 304 valence electrons. The van der Waals surface area contributed by atoms with E-state index in [2.05, 4.69) is 30.9 Å². The average molecular weight is 800 g/mol. The van der Waals surface area contributed by atoms with E-state index in [1.54, 1.807) is 41.6 Å². The van der Waals surface area contributed by atoms with Gasteiger partial charge < -0.3 is 35.3 Å². The molecule has 5 aromatic rings. The maximum Gasteiger partial charge on any atom is 0.407 e. The number of methoxy groups -OCH3 is 2. The second-order valence-corrected chi connectivity index (χ2v) is 14.7. The number of carbonyl (C=O) groups excluding carboxylic acids is 4. The minimum absolute atomic E-state index is 0.201. The molecule has 2 aliphatic rings. The van der Waals surface area contributed by atoms with E-state index < -0.39 is 30.3 Å². The van der Waals surface area contributed by atoms with Crippen LogP contribution in [0.4, 0.5) is 9.59 Å². The van der Waals surface area contributed by atoms with Gasteiger partial charge in [0, 0.05) is 57.5 Å². The average Bonchev–Trinajstić information content (AvgIpc) is 4.05. The first-order chi connectivity index (χ1) is 28.6. The number of likely N-dealkylation sites (tertiary alicyclic amines) is 1. The Bertz CT molecular complexity index is 2300. The van der Waals surface area contributed by atoms with E-state index in [4.69, 9.17) is 9.47 Å². The van der Waals surface area contributed by atoms with Crippen LogP contribution in [0.25, 0.3) is 22.5 Å². The Labute approximate surface area is 341 Å². The van der Waals surface area contributed by atoms with Gasteiger partial charge in [-0.1, -0.05) is 66.7 Å². The maximum atomic E-state index is 13.9. The number of H-pyrrole nitrogens is 1. The predicted molar refractivity (Wildman–Crippen MR) is 218 cm³/mol. The predicted octanol–water partition coefficient (Wildman–Crippen LogP) is 6.73. The molecule has 15 nitrogen and oxygen atoms in total. The first kappa shape index (κ1) is 40.3. The molecule has 4 amide bonds. The largest absolute Gasteiger partial charge is 0.453 e. The molecule has 0 spiro atoms. The number of rotatable bonds is 12. The second-order valence-electron chi connectivity index (χ2n) is 14.7. The third kappa shape index (κ3) is 8.98. The van der Waals surface area contributed by atoms with Crippen molar-refractivity contribution in [3.63, 3.8) is 0 Å². The highest BCUT2D eigenvalue weighted by molar-refractivity contribution is 5.94. The van der Waals surface area contributed by atoms with Gasteiger partial charge in [0.05, 0.1) is 50.4 Å². The van der Waals surface area contributed by atoms with Gasteiger partial charge >= 0.3 is 12.2 Å². The molecule has 5 atom stereocenters. The highest BCUT2D eigenvalue weighted by Crippen LogP contribution is 2.36. The highest BCUT2D eigenvalue weighted by Gasteiger charge is 2.44. The van der Waals surface area contributed by atoms with E-state index in [0.717, 1.165) is 45.5 Å². The summed E-state index contributed by atoms with van der Waals surface area (Å²) in [5.74, 6) is 0.129. The summed E-state index contributed by atoms with van der Waals surface area (Å²) in [7, 11) is 2.57. The molecule has 0 aliphatic carbocycles. The summed E-state index contributed by atoms with van der Waals surface area (Å²) in [6, 6.07) is 25.3. The van der Waals surface area contributed by atoms with Crippen LogP contribution in [0.15, 0.2) is 103 Å². The zero-order chi connectivity index (χ0) is 41.5. The zero-order valence-electron chi connectivity index (χ0n) is 33.1. The lowest BCUT2D eigenvalue weighted by Crippen LogP contribution is -2.42. The zero-order valence-corrected chi connectivity index (χ0v) is 33.1. The Morgan fingerprint density at radius 3 is 2.27 bits per heavy atom. The van der Waals surface area contributed by atoms with Crippen molar-refractivity contribution >= 4 is 24.0 Å². The van der Waals surface area contributed by atoms with E-state index in [-0.39, 0.29) is 30.4 Å². The summed E-state index contributed by atoms with van der Waals surface area (Å²) in [4.78, 5) is 78.9. The number of alkyl carbamates (subject to hydrolysis) is 2. The van der Waals surface area contributed by atoms with Crippen molar-refractivity contribution in [1.82, 2.24) is 35.8 Å². The number of ether oxygens (including phenoxy) is 2. The first-order valence-corrected chi connectivity index (χ1v) is 19.6. The summed E-state index contributed by atoms with van der Waals surface area (Å²) < 4.78 is 10.6. The number of benzene rings is 3. The van der Waals surface area contributed by atoms with E-state index in [1.807, 2.05) is 73.7 Å². The van der Waals surface area contributed by atoms with Crippen LogP contribution in [0.5, 0.6) is 0 Å². The normalized spacial score (nSPS) is 18.5. The molecule has 2 aliphatic heterocycles. The number of amides is 4. The number of hydrogen-bond acceptors (Lipinski definition) is 9. The molecular formula is C44H47N8O7+. The van der Waals surface area contributed by atoms with Gasteiger partial charge in [-0.15, -0.1) is 0 Å². The Hall–Kier alpha value is -6.90. The van der Waals surface area contributed by atoms with Gasteiger partial charge in [-0.2, -0.15) is 0 Å². The molecule has 4 heterocycles. The van der Waals surface area contributed by atoms with Crippen molar-refractivity contribution in [2.75, 3.05) is 27.3 Å². The van der Waals surface area contributed by atoms with Crippen LogP contribution < -0.4 is 16.0 Å². The topological polar surface area (TPSA) is 188 Å². The Balaban J connectivity index is 0.949. The molecule has 2 fully saturated rings. The number of hydrogen-bond donors (Lipinski definition) is 4. The summed E-state index contributed by atoms with van der Waals surface area (Å²) >= 11 is 0. The monoisotopic (exact) mass is 799 g/mol. The number of pyridine rings is 1. The highest BCUT2D eigenvalue weighted by atomic mass is 16.5. The third-order valence-electron chi connectivity index (χ3n) is 11.1. The molecule has 0 saturated carbocycles. The molecular weight excluding hydrogens is 753 g/mol. The van der Waals surface area contributed by atoms with Crippen LogP contribution in [0.1, 0.15) is 89.6 Å². The lowest BCUT2D eigenvalue weighted by Gasteiger charge is -2.28. The van der Waals surface area contributed by atoms with E-state index in [0.29, 0.717) is 42.0 Å². The van der Waals surface area contributed by atoms with Crippen LogP contribution in [0, 0.1) is 4.91 Å². The Morgan fingerprint density at radius 2 is 1.54 bits per heavy atom. The van der Waals surface area contributed by atoms with Crippen LogP contribution in [0.3, 0.4) is 0 Å². The van der Waals surface area contributed by atoms with Crippen molar-refractivity contribution in [1.29, 1.82) is 0 Å². The maximum absolute atomic E-state index is 13.9. The van der Waals surface area contributed by atoms with Gasteiger partial charge in [0.1, 0.15) is 11.9 Å². The van der Waals surface area contributed by atoms with Gasteiger partial charge in [-0.3, -0.25) is 14.6 Å². The van der Waals surface area contributed by atoms with Gasteiger partial charge in [0.15, 0.2) is 0 Å². The quantitative estimate of drug-likeness (QED) is 0.0993. The minimum atomic E-state index is -0.904. The smallest absolute Gasteiger partial charge is 0.407 e. The minimum Gasteiger partial charge on any atom is -0.453 e. The van der Waals surface area contributed by atoms with Crippen LogP contribution >= 0.6 is 0 Å². The number of nitrogens with zero attached hydrogens (tertiary/aromatic N) is 4. The Kier molecular flexibility index (Phi) is 12.4. The van der Waals surface area contributed by atoms with Gasteiger partial charge in [-0.25, -0.2) is 14.6 Å². The molecule has 2 aromatic heterocycles. The van der Waals surface area contributed by atoms with Crippen molar-refractivity contribution in [3.05, 3.63) is 136 Å². The fourth-order valence-corrected chi connectivity index (χ4v) is 7.94. The molecule has 7 rings (SSSR count). The molecule has 5 unspecified atom stereocenters. The summed E-state index contributed by atoms with van der Waals surface area (Å²) in [5.41, 5.74) is 5.92. The van der Waals surface area contributed by atoms with Crippen molar-refractivity contribution < 1.29 is 33.4 Å². The number of carbonyl (C=O) groups is 4. The van der Waals surface area contributed by atoms with Gasteiger partial charge in [-0.05, 0) is 55.2 Å². The molecule has 0 radical (unpaired) electrons. The molecule has 15 heteroatoms. The van der Waals surface area contributed by atoms with Crippen LogP contribution in [-0.4, -0.2) is 82.0 Å². The van der Waals surface area contributed by atoms with E-state index >= 15 is 0 Å². The van der Waals surface area contributed by atoms with E-state index in [1.165, 1.54) is 14.2 Å². The lowest BCUT2D eigenvalue weighted by atomic mass is 9.95. The number of nitrogens with one attached hydrogen (secondary N) is 4. The van der Waals surface area contributed by atoms with Crippen molar-refractivity contribution in [3.8, 4) is 22.5 Å². The number of aromatic amines is 1. The molecule has 59 heavy (non-hydrogen) atoms. The standard InChI is InChI=1S/C44H46N8O7/c1-27(48-43(55)58-2)33-12-7-8-13-34(33)37-22-20-32(52(37)57)25-47-41(53)30-17-15-28(16-18-30)35-21-19-31(24-45-35)36-26-46-40(49-36)38-14-9-23-51(38)42(54)39(50-44(56)59-3)29-10-5-4-6-11-29/h4-8,10-13,15-19,21,24,26-27,32,37-39H,9,14,20,22-23,25H2,1-3H3,(H3-,46,47,48,49,50,53,55,56)/p+1. The van der Waals surface area contributed by atoms with Crippen LogP contribution in [-0.2, 0) is 14.3 Å². The SMILES string of the molecule is COC(=O)NC(C)c1ccccc1C1CCC(CNC(=O)c2ccc(-c3ccc(-c4cnc(C5CCCN5C(=O)C(NC(=O)OC)c5ccccc5)[nH]4)cn3)cc2)[N+]1=O. The number of nitroso groups, excluding NO2 is 1. The fourth-order valence-electron chi connectivity index (χ4n) is 7.94. The number of aromatic nitrogens is 3. The molecule has 0 bridgehead atoms. The summed E-state index contributed by atoms with van der Waals surface area (Å²) in [6.07, 6.45) is 4.99. The lowest BCUT2D eigenvalue weighted by molar-refractivity contribution is -0.602. The third-order valence-corrected chi connectivity index (χ3v) is 11.1. The fraction of sp³-hybridized carbons (Fsp3) is 0.318. The van der Waals surface area contributed by atoms with Crippen LogP contribution in [0.2, 0.25) is 0 Å². The first-order valence-electron chi connectivity index (χ1n) is 19.6. The van der Waals surface area contributed by atoms with Crippen molar-refractivity contribution in [2.45, 2.75) is 62.8 Å². The number of imidazole rings is 1. The van der Waals surface area contributed by atoms with Crippen molar-refractivity contribution in [2.24, 2.45) is 0 Å². The van der Waals surface area contributed by atoms with Gasteiger partial charge in [0.2, 0.25) is 12.1 Å². The summed E-state index contributed by atoms with van der Waals surface area (Å²) in [6.45, 7) is 2.57.